The Bertz CT molecular complexity index is 1420. The van der Waals surface area contributed by atoms with Gasteiger partial charge in [0.25, 0.3) is 11.4 Å². The Balaban J connectivity index is 1.55. The van der Waals surface area contributed by atoms with Crippen molar-refractivity contribution in [1.29, 1.82) is 0 Å². The predicted octanol–water partition coefficient (Wildman–Crippen LogP) is 5.65. The number of nitrogens with zero attached hydrogens (tertiary/aromatic N) is 2. The highest BCUT2D eigenvalue weighted by Gasteiger charge is 2.21. The summed E-state index contributed by atoms with van der Waals surface area (Å²) in [4.78, 5) is 21.9. The molecule has 194 valence electrons. The number of phenolic OH excluding ortho intramolecular Hbond substituents is 2. The summed E-state index contributed by atoms with van der Waals surface area (Å²) in [5.74, 6) is -0.400. The third-order valence-corrected chi connectivity index (χ3v) is 7.73. The molecule has 0 radical (unpaired) electrons. The second-order valence-electron chi connectivity index (χ2n) is 8.57. The van der Waals surface area contributed by atoms with Gasteiger partial charge in [-0.2, -0.15) is 0 Å². The van der Waals surface area contributed by atoms with Crippen molar-refractivity contribution < 1.29 is 24.3 Å². The Morgan fingerprint density at radius 1 is 0.553 bits per heavy atom. The molecule has 0 amide bonds. The van der Waals surface area contributed by atoms with Gasteiger partial charge < -0.3 is 10.2 Å². The summed E-state index contributed by atoms with van der Waals surface area (Å²) in [5, 5.41) is 44.4. The van der Waals surface area contributed by atoms with Crippen molar-refractivity contribution in [2.75, 3.05) is 0 Å². The van der Waals surface area contributed by atoms with E-state index < -0.39 is 20.6 Å². The van der Waals surface area contributed by atoms with Crippen LogP contribution in [0.25, 0.3) is 0 Å². The lowest BCUT2D eigenvalue weighted by molar-refractivity contribution is -0.385. The minimum absolute atomic E-state index is 0.00528. The molecule has 0 aromatic heterocycles. The van der Waals surface area contributed by atoms with Crippen LogP contribution >= 0.6 is 0 Å². The molecule has 38 heavy (non-hydrogen) atoms. The molecule has 0 unspecified atom stereocenters. The molecule has 0 bridgehead atoms. The summed E-state index contributed by atoms with van der Waals surface area (Å²) in [6.45, 7) is 0. The van der Waals surface area contributed by atoms with Crippen molar-refractivity contribution >= 4 is 22.2 Å². The Morgan fingerprint density at radius 2 is 0.895 bits per heavy atom. The number of benzene rings is 4. The summed E-state index contributed by atoms with van der Waals surface area (Å²) >= 11 is 0. The Morgan fingerprint density at radius 3 is 1.29 bits per heavy atom. The first kappa shape index (κ1) is 26.5. The van der Waals surface area contributed by atoms with Gasteiger partial charge in [-0.1, -0.05) is 60.7 Å². The molecule has 0 aliphatic rings. The van der Waals surface area contributed by atoms with Crippen LogP contribution in [0.4, 0.5) is 11.4 Å². The molecule has 0 fully saturated rings. The van der Waals surface area contributed by atoms with Gasteiger partial charge in [-0.25, -0.2) is 4.21 Å². The fourth-order valence-electron chi connectivity index (χ4n) is 4.30. The van der Waals surface area contributed by atoms with Crippen molar-refractivity contribution in [3.63, 3.8) is 0 Å². The highest BCUT2D eigenvalue weighted by Crippen LogP contribution is 2.35. The molecule has 9 nitrogen and oxygen atoms in total. The number of hydrogen-bond donors (Lipinski definition) is 2. The van der Waals surface area contributed by atoms with E-state index in [-0.39, 0.29) is 45.5 Å². The minimum Gasteiger partial charge on any atom is -0.506 e. The lowest BCUT2D eigenvalue weighted by atomic mass is 10.0. The van der Waals surface area contributed by atoms with Crippen molar-refractivity contribution in [3.8, 4) is 11.5 Å². The zero-order chi connectivity index (χ0) is 27.2. The second-order valence-corrected chi connectivity index (χ2v) is 9.99. The van der Waals surface area contributed by atoms with Crippen LogP contribution in [-0.2, 0) is 36.5 Å². The van der Waals surface area contributed by atoms with E-state index in [0.717, 1.165) is 0 Å². The van der Waals surface area contributed by atoms with E-state index in [1.807, 2.05) is 0 Å². The molecule has 0 aliphatic carbocycles. The van der Waals surface area contributed by atoms with Crippen LogP contribution in [-0.4, -0.2) is 24.3 Å². The first-order valence-corrected chi connectivity index (χ1v) is 12.9. The molecule has 0 atom stereocenters. The van der Waals surface area contributed by atoms with Crippen LogP contribution < -0.4 is 0 Å². The first-order chi connectivity index (χ1) is 18.3. The molecule has 0 saturated heterocycles. The van der Waals surface area contributed by atoms with Crippen LogP contribution in [0, 0.1) is 20.2 Å². The van der Waals surface area contributed by atoms with Crippen LogP contribution in [0.1, 0.15) is 22.3 Å². The van der Waals surface area contributed by atoms with Crippen molar-refractivity contribution in [2.24, 2.45) is 0 Å². The summed E-state index contributed by atoms with van der Waals surface area (Å²) < 4.78 is 13.4. The molecular weight excluding hydrogens is 508 g/mol. The normalized spacial score (nSPS) is 11.0. The number of aryl methyl sites for hydroxylation is 4. The van der Waals surface area contributed by atoms with Gasteiger partial charge >= 0.3 is 0 Å². The van der Waals surface area contributed by atoms with Crippen molar-refractivity contribution in [3.05, 3.63) is 127 Å². The number of hydrogen-bond acceptors (Lipinski definition) is 7. The monoisotopic (exact) mass is 532 g/mol. The van der Waals surface area contributed by atoms with Gasteiger partial charge in [0.15, 0.2) is 0 Å². The van der Waals surface area contributed by atoms with E-state index in [2.05, 4.69) is 0 Å². The Labute approximate surface area is 220 Å². The molecular formula is C28H24N2O7S. The third-order valence-electron chi connectivity index (χ3n) is 6.27. The van der Waals surface area contributed by atoms with Crippen LogP contribution in [0.5, 0.6) is 11.5 Å². The van der Waals surface area contributed by atoms with Gasteiger partial charge in [0.1, 0.15) is 11.5 Å². The largest absolute Gasteiger partial charge is 0.506 e. The summed E-state index contributed by atoms with van der Waals surface area (Å²) in [7, 11) is -1.93. The van der Waals surface area contributed by atoms with E-state index in [9.17, 15) is 34.7 Å². The lowest BCUT2D eigenvalue weighted by Crippen LogP contribution is -2.01. The molecule has 4 aromatic carbocycles. The number of nitro groups is 2. The minimum atomic E-state index is -1.93. The first-order valence-electron chi connectivity index (χ1n) is 11.8. The van der Waals surface area contributed by atoms with Crippen molar-refractivity contribution in [1.82, 2.24) is 0 Å². The zero-order valence-corrected chi connectivity index (χ0v) is 21.0. The topological polar surface area (TPSA) is 144 Å². The molecule has 2 N–H and O–H groups in total. The Hall–Kier alpha value is -4.57. The van der Waals surface area contributed by atoms with Gasteiger partial charge in [-0.15, -0.1) is 0 Å². The fourth-order valence-corrected chi connectivity index (χ4v) is 5.55. The van der Waals surface area contributed by atoms with E-state index in [1.165, 1.54) is 24.3 Å². The molecule has 0 spiro atoms. The van der Waals surface area contributed by atoms with Gasteiger partial charge in [-0.3, -0.25) is 20.2 Å². The molecule has 10 heteroatoms. The van der Waals surface area contributed by atoms with Gasteiger partial charge in [0.2, 0.25) is 0 Å². The highest BCUT2D eigenvalue weighted by molar-refractivity contribution is 7.85. The average molecular weight is 533 g/mol. The van der Waals surface area contributed by atoms with Crippen LogP contribution in [0.15, 0.2) is 94.7 Å². The van der Waals surface area contributed by atoms with Crippen LogP contribution in [0.3, 0.4) is 0 Å². The number of aromatic hydroxyl groups is 2. The maximum absolute atomic E-state index is 13.4. The number of para-hydroxylation sites is 4. The standard InChI is InChI=1S/C28H24N2O7S/c31-27-21(17-15-19-7-1-3-11-23(19)29(33)34)9-5-13-25(27)38(37)26-14-6-10-22(28(26)32)18-16-20-8-2-4-12-24(20)30(35)36/h1-14,31-32H,15-18H2. The number of rotatable bonds is 10. The molecule has 0 saturated carbocycles. The van der Waals surface area contributed by atoms with E-state index in [1.54, 1.807) is 60.7 Å². The second kappa shape index (κ2) is 11.7. The highest BCUT2D eigenvalue weighted by atomic mass is 32.2. The third kappa shape index (κ3) is 5.70. The quantitative estimate of drug-likeness (QED) is 0.198. The van der Waals surface area contributed by atoms with Gasteiger partial charge in [-0.05, 0) is 48.9 Å². The fraction of sp³-hybridized carbons (Fsp3) is 0.143. The maximum Gasteiger partial charge on any atom is 0.272 e. The molecule has 4 rings (SSSR count). The van der Waals surface area contributed by atoms with E-state index in [0.29, 0.717) is 35.1 Å². The summed E-state index contributed by atoms with van der Waals surface area (Å²) in [6, 6.07) is 22.3. The Kier molecular flexibility index (Phi) is 8.12. The van der Waals surface area contributed by atoms with Gasteiger partial charge in [0.05, 0.1) is 30.4 Å². The van der Waals surface area contributed by atoms with E-state index >= 15 is 0 Å². The summed E-state index contributed by atoms with van der Waals surface area (Å²) in [5.41, 5.74) is 1.98. The average Bonchev–Trinajstić information content (AvgIpc) is 2.91. The molecule has 0 aliphatic heterocycles. The van der Waals surface area contributed by atoms with Crippen LogP contribution in [0.2, 0.25) is 0 Å². The molecule has 4 aromatic rings. The zero-order valence-electron chi connectivity index (χ0n) is 20.1. The lowest BCUT2D eigenvalue weighted by Gasteiger charge is -2.13. The predicted molar refractivity (Wildman–Crippen MR) is 142 cm³/mol. The summed E-state index contributed by atoms with van der Waals surface area (Å²) in [6.07, 6.45) is 1.16. The number of nitro benzene ring substituents is 2. The smallest absolute Gasteiger partial charge is 0.272 e. The van der Waals surface area contributed by atoms with E-state index in [4.69, 9.17) is 0 Å². The molecule has 0 heterocycles. The maximum atomic E-state index is 13.4. The number of phenols is 2. The SMILES string of the molecule is O=[N+]([O-])c1ccccc1CCc1cccc(S(=O)c2cccc(CCc3ccccc3[N+](=O)[O-])c2O)c1O. The van der Waals surface area contributed by atoms with Gasteiger partial charge in [0, 0.05) is 23.3 Å². The van der Waals surface area contributed by atoms with Crippen molar-refractivity contribution in [2.45, 2.75) is 35.5 Å².